The van der Waals surface area contributed by atoms with Crippen LogP contribution in [0.1, 0.15) is 30.5 Å². The highest BCUT2D eigenvalue weighted by Crippen LogP contribution is 2.25. The van der Waals surface area contributed by atoms with Crippen molar-refractivity contribution in [1.29, 1.82) is 0 Å². The maximum absolute atomic E-state index is 13.4. The van der Waals surface area contributed by atoms with E-state index in [1.54, 1.807) is 32.9 Å². The fraction of sp³-hybridized carbons (Fsp3) is 0.391. The van der Waals surface area contributed by atoms with Gasteiger partial charge in [0.05, 0.1) is 11.9 Å². The van der Waals surface area contributed by atoms with Gasteiger partial charge in [0.15, 0.2) is 0 Å². The second-order valence-corrected chi connectivity index (χ2v) is 10.0. The molecule has 0 fully saturated rings. The van der Waals surface area contributed by atoms with Crippen molar-refractivity contribution in [3.8, 4) is 0 Å². The molecule has 1 N–H and O–H groups in total. The molecule has 2 aromatic carbocycles. The third-order valence-corrected chi connectivity index (χ3v) is 6.79. The predicted molar refractivity (Wildman–Crippen MR) is 128 cm³/mol. The van der Waals surface area contributed by atoms with Gasteiger partial charge in [-0.05, 0) is 56.5 Å². The highest BCUT2D eigenvalue weighted by Gasteiger charge is 2.30. The maximum atomic E-state index is 13.4. The first-order chi connectivity index (χ1) is 15.0. The first kappa shape index (κ1) is 25.7. The molecule has 0 heterocycles. The molecule has 0 radical (unpaired) electrons. The van der Waals surface area contributed by atoms with Gasteiger partial charge < -0.3 is 10.2 Å². The topological polar surface area (TPSA) is 86.8 Å². The van der Waals surface area contributed by atoms with Crippen LogP contribution in [0.15, 0.2) is 42.5 Å². The number of benzene rings is 2. The number of amides is 2. The number of hydrogen-bond donors (Lipinski definition) is 1. The van der Waals surface area contributed by atoms with Crippen molar-refractivity contribution in [2.24, 2.45) is 0 Å². The van der Waals surface area contributed by atoms with Crippen molar-refractivity contribution in [3.05, 3.63) is 64.2 Å². The maximum Gasteiger partial charge on any atom is 0.244 e. The summed E-state index contributed by atoms with van der Waals surface area (Å²) in [6, 6.07) is 11.6. The molecule has 2 rings (SSSR count). The fourth-order valence-electron chi connectivity index (χ4n) is 3.23. The monoisotopic (exact) mass is 479 g/mol. The third kappa shape index (κ3) is 6.46. The minimum absolute atomic E-state index is 0.177. The largest absolute Gasteiger partial charge is 0.355 e. The average molecular weight is 480 g/mol. The standard InChI is InChI=1S/C23H30ClN3O4S/c1-6-25-23(29)18(4)26(14-19-10-8-7-9-16(19)2)22(28)15-27(32(5,30)31)20-12-11-17(3)21(24)13-20/h7-13,18H,6,14-15H2,1-5H3,(H,25,29)/t18-/m0/s1. The first-order valence-electron chi connectivity index (χ1n) is 10.3. The van der Waals surface area contributed by atoms with E-state index >= 15 is 0 Å². The molecule has 0 aliphatic rings. The Kier molecular flexibility index (Phi) is 8.69. The molecule has 0 aliphatic carbocycles. The Morgan fingerprint density at radius 2 is 1.75 bits per heavy atom. The Hall–Kier alpha value is -2.58. The third-order valence-electron chi connectivity index (χ3n) is 5.24. The molecule has 7 nitrogen and oxygen atoms in total. The molecule has 2 amide bonds. The number of nitrogens with one attached hydrogen (secondary N) is 1. The number of rotatable bonds is 9. The van der Waals surface area contributed by atoms with Gasteiger partial charge in [0.2, 0.25) is 21.8 Å². The average Bonchev–Trinajstić information content (AvgIpc) is 2.72. The molecule has 0 aliphatic heterocycles. The zero-order valence-corrected chi connectivity index (χ0v) is 20.6. The number of halogens is 1. The Morgan fingerprint density at radius 1 is 1.09 bits per heavy atom. The lowest BCUT2D eigenvalue weighted by molar-refractivity contribution is -0.139. The number of carbonyl (C=O) groups is 2. The van der Waals surface area contributed by atoms with Crippen LogP contribution in [0, 0.1) is 13.8 Å². The summed E-state index contributed by atoms with van der Waals surface area (Å²) >= 11 is 6.19. The molecule has 9 heteroatoms. The molecular formula is C23H30ClN3O4S. The van der Waals surface area contributed by atoms with Crippen LogP contribution in [-0.2, 0) is 26.2 Å². The van der Waals surface area contributed by atoms with E-state index in [-0.39, 0.29) is 18.1 Å². The van der Waals surface area contributed by atoms with E-state index < -0.39 is 28.5 Å². The summed E-state index contributed by atoms with van der Waals surface area (Å²) in [6.07, 6.45) is 1.03. The van der Waals surface area contributed by atoms with Gasteiger partial charge in [0.1, 0.15) is 12.6 Å². The quantitative estimate of drug-likeness (QED) is 0.598. The van der Waals surface area contributed by atoms with Gasteiger partial charge in [-0.15, -0.1) is 0 Å². The smallest absolute Gasteiger partial charge is 0.244 e. The van der Waals surface area contributed by atoms with Gasteiger partial charge in [-0.3, -0.25) is 13.9 Å². The van der Waals surface area contributed by atoms with Gasteiger partial charge >= 0.3 is 0 Å². The molecular weight excluding hydrogens is 450 g/mol. The molecule has 32 heavy (non-hydrogen) atoms. The van der Waals surface area contributed by atoms with E-state index in [4.69, 9.17) is 11.6 Å². The first-order valence-corrected chi connectivity index (χ1v) is 12.5. The SMILES string of the molecule is CCNC(=O)[C@H](C)N(Cc1ccccc1C)C(=O)CN(c1ccc(C)c(Cl)c1)S(C)(=O)=O. The summed E-state index contributed by atoms with van der Waals surface area (Å²) in [5.74, 6) is -0.798. The number of nitrogens with zero attached hydrogens (tertiary/aromatic N) is 2. The van der Waals surface area contributed by atoms with E-state index in [1.165, 1.54) is 11.0 Å². The van der Waals surface area contributed by atoms with Gasteiger partial charge in [0, 0.05) is 18.1 Å². The van der Waals surface area contributed by atoms with E-state index in [0.29, 0.717) is 11.6 Å². The van der Waals surface area contributed by atoms with Crippen molar-refractivity contribution >= 4 is 39.1 Å². The van der Waals surface area contributed by atoms with Crippen LogP contribution in [0.4, 0.5) is 5.69 Å². The van der Waals surface area contributed by atoms with Crippen LogP contribution >= 0.6 is 11.6 Å². The second kappa shape index (κ2) is 10.8. The molecule has 0 spiro atoms. The Labute approximate surface area is 195 Å². The molecule has 0 saturated carbocycles. The van der Waals surface area contributed by atoms with Crippen molar-refractivity contribution in [2.45, 2.75) is 40.3 Å². The molecule has 0 saturated heterocycles. The van der Waals surface area contributed by atoms with Crippen molar-refractivity contribution in [1.82, 2.24) is 10.2 Å². The molecule has 1 atom stereocenters. The van der Waals surface area contributed by atoms with Crippen LogP contribution in [0.5, 0.6) is 0 Å². The molecule has 174 valence electrons. The predicted octanol–water partition coefficient (Wildman–Crippen LogP) is 3.28. The summed E-state index contributed by atoms with van der Waals surface area (Å²) in [4.78, 5) is 27.3. The van der Waals surface area contributed by atoms with E-state index in [0.717, 1.165) is 27.3 Å². The van der Waals surface area contributed by atoms with Gasteiger partial charge in [-0.25, -0.2) is 8.42 Å². The molecule has 0 bridgehead atoms. The number of anilines is 1. The lowest BCUT2D eigenvalue weighted by atomic mass is 10.1. The zero-order valence-electron chi connectivity index (χ0n) is 19.1. The molecule has 0 unspecified atom stereocenters. The van der Waals surface area contributed by atoms with Crippen LogP contribution in [0.2, 0.25) is 5.02 Å². The fourth-order valence-corrected chi connectivity index (χ4v) is 4.24. The lowest BCUT2D eigenvalue weighted by Gasteiger charge is -2.31. The summed E-state index contributed by atoms with van der Waals surface area (Å²) in [5, 5.41) is 3.13. The van der Waals surface area contributed by atoms with E-state index in [1.807, 2.05) is 31.2 Å². The number of carbonyl (C=O) groups excluding carboxylic acids is 2. The highest BCUT2D eigenvalue weighted by atomic mass is 35.5. The Bertz CT molecular complexity index is 1090. The summed E-state index contributed by atoms with van der Waals surface area (Å²) in [5.41, 5.74) is 2.93. The van der Waals surface area contributed by atoms with Crippen LogP contribution < -0.4 is 9.62 Å². The minimum Gasteiger partial charge on any atom is -0.355 e. The Morgan fingerprint density at radius 3 is 2.31 bits per heavy atom. The van der Waals surface area contributed by atoms with Gasteiger partial charge in [-0.2, -0.15) is 0 Å². The van der Waals surface area contributed by atoms with Crippen molar-refractivity contribution in [3.63, 3.8) is 0 Å². The summed E-state index contributed by atoms with van der Waals surface area (Å²) < 4.78 is 26.1. The van der Waals surface area contributed by atoms with Crippen molar-refractivity contribution < 1.29 is 18.0 Å². The van der Waals surface area contributed by atoms with E-state index in [9.17, 15) is 18.0 Å². The van der Waals surface area contributed by atoms with Crippen LogP contribution in [0.25, 0.3) is 0 Å². The Balaban J connectivity index is 2.42. The van der Waals surface area contributed by atoms with Gasteiger partial charge in [-0.1, -0.05) is 41.9 Å². The van der Waals surface area contributed by atoms with Gasteiger partial charge in [0.25, 0.3) is 0 Å². The number of aryl methyl sites for hydroxylation is 2. The number of sulfonamides is 1. The lowest BCUT2D eigenvalue weighted by Crippen LogP contribution is -2.51. The zero-order chi connectivity index (χ0) is 24.1. The van der Waals surface area contributed by atoms with Crippen LogP contribution in [0.3, 0.4) is 0 Å². The molecule has 0 aromatic heterocycles. The number of likely N-dealkylation sites (N-methyl/N-ethyl adjacent to an activating group) is 1. The van der Waals surface area contributed by atoms with E-state index in [2.05, 4.69) is 5.32 Å². The van der Waals surface area contributed by atoms with Crippen LogP contribution in [-0.4, -0.2) is 50.5 Å². The summed E-state index contributed by atoms with van der Waals surface area (Å²) in [6.45, 7) is 7.31. The summed E-state index contributed by atoms with van der Waals surface area (Å²) in [7, 11) is -3.79. The number of hydrogen-bond acceptors (Lipinski definition) is 4. The van der Waals surface area contributed by atoms with Crippen molar-refractivity contribution in [2.75, 3.05) is 23.7 Å². The second-order valence-electron chi connectivity index (χ2n) is 7.72. The highest BCUT2D eigenvalue weighted by molar-refractivity contribution is 7.92. The molecule has 2 aromatic rings. The normalized spacial score (nSPS) is 12.2. The minimum atomic E-state index is -3.79.